The van der Waals surface area contributed by atoms with E-state index in [0.29, 0.717) is 11.6 Å². The van der Waals surface area contributed by atoms with E-state index >= 15 is 0 Å². The Hall–Kier alpha value is -2.34. The van der Waals surface area contributed by atoms with Crippen LogP contribution in [0.1, 0.15) is 34.6 Å². The van der Waals surface area contributed by atoms with E-state index in [9.17, 15) is 4.79 Å². The molecule has 1 amide bonds. The van der Waals surface area contributed by atoms with Crippen LogP contribution in [-0.2, 0) is 6.54 Å². The number of piperidine rings is 1. The maximum Gasteiger partial charge on any atom is 0.274 e. The molecule has 26 heavy (non-hydrogen) atoms. The third-order valence-corrected chi connectivity index (χ3v) is 5.54. The van der Waals surface area contributed by atoms with Gasteiger partial charge in [0.15, 0.2) is 0 Å². The van der Waals surface area contributed by atoms with Crippen molar-refractivity contribution in [2.24, 2.45) is 5.92 Å². The molecule has 3 fully saturated rings. The molecule has 0 spiro atoms. The second kappa shape index (κ2) is 7.11. The predicted molar refractivity (Wildman–Crippen MR) is 99.1 cm³/mol. The number of ether oxygens (including phenoxy) is 1. The Labute approximate surface area is 154 Å². The number of nitrogens with zero attached hydrogens (tertiary/aromatic N) is 3. The fourth-order valence-electron chi connectivity index (χ4n) is 4.22. The van der Waals surface area contributed by atoms with Gasteiger partial charge in [0.1, 0.15) is 11.4 Å². The zero-order valence-corrected chi connectivity index (χ0v) is 15.4. The van der Waals surface area contributed by atoms with Gasteiger partial charge in [0, 0.05) is 37.9 Å². The second-order valence-electron chi connectivity index (χ2n) is 7.53. The molecule has 2 atom stereocenters. The number of hydrogen-bond acceptors (Lipinski definition) is 4. The van der Waals surface area contributed by atoms with Crippen LogP contribution in [0.25, 0.3) is 0 Å². The van der Waals surface area contributed by atoms with E-state index in [1.54, 1.807) is 7.11 Å². The average molecular weight is 354 g/mol. The Bertz CT molecular complexity index is 770. The highest BCUT2D eigenvalue weighted by molar-refractivity contribution is 5.92. The van der Waals surface area contributed by atoms with Crippen LogP contribution in [0.2, 0.25) is 0 Å². The third-order valence-electron chi connectivity index (χ3n) is 5.54. The van der Waals surface area contributed by atoms with Gasteiger partial charge in [0.05, 0.1) is 7.11 Å². The quantitative estimate of drug-likeness (QED) is 0.916. The summed E-state index contributed by atoms with van der Waals surface area (Å²) in [5.74, 6) is 1.49. The molecule has 3 saturated heterocycles. The van der Waals surface area contributed by atoms with E-state index in [-0.39, 0.29) is 11.9 Å². The summed E-state index contributed by atoms with van der Waals surface area (Å²) in [5.41, 5.74) is 2.75. The summed E-state index contributed by atoms with van der Waals surface area (Å²) in [4.78, 5) is 17.4. The van der Waals surface area contributed by atoms with Crippen molar-refractivity contribution in [3.8, 4) is 5.75 Å². The summed E-state index contributed by atoms with van der Waals surface area (Å²) in [6.07, 6.45) is 2.28. The number of benzene rings is 1. The molecule has 138 valence electrons. The van der Waals surface area contributed by atoms with Gasteiger partial charge in [0.25, 0.3) is 5.91 Å². The van der Waals surface area contributed by atoms with Gasteiger partial charge >= 0.3 is 0 Å². The lowest BCUT2D eigenvalue weighted by Crippen LogP contribution is -2.47. The van der Waals surface area contributed by atoms with Crippen LogP contribution in [0.3, 0.4) is 0 Å². The van der Waals surface area contributed by atoms with Gasteiger partial charge in [-0.05, 0) is 49.4 Å². The maximum absolute atomic E-state index is 12.9. The number of aryl methyl sites for hydroxylation is 1. The number of hydrogen-bond donors (Lipinski definition) is 1. The molecule has 1 aromatic carbocycles. The molecular weight excluding hydrogens is 328 g/mol. The van der Waals surface area contributed by atoms with E-state index in [0.717, 1.165) is 44.0 Å². The topological polar surface area (TPSA) is 61.5 Å². The van der Waals surface area contributed by atoms with E-state index < -0.39 is 0 Å². The first-order valence-electron chi connectivity index (χ1n) is 9.30. The van der Waals surface area contributed by atoms with E-state index in [1.165, 1.54) is 12.0 Å². The molecule has 0 aliphatic carbocycles. The first-order valence-corrected chi connectivity index (χ1v) is 9.30. The molecule has 1 N–H and O–H groups in total. The van der Waals surface area contributed by atoms with Gasteiger partial charge in [-0.3, -0.25) is 14.8 Å². The van der Waals surface area contributed by atoms with Crippen molar-refractivity contribution >= 4 is 5.91 Å². The average Bonchev–Trinajstić information content (AvgIpc) is 2.90. The number of H-pyrrole nitrogens is 1. The molecule has 2 bridgehead atoms. The Morgan fingerprint density at radius 1 is 1.23 bits per heavy atom. The zero-order chi connectivity index (χ0) is 18.1. The van der Waals surface area contributed by atoms with Crippen LogP contribution in [0.4, 0.5) is 0 Å². The minimum absolute atomic E-state index is 0.0651. The highest BCUT2D eigenvalue weighted by Gasteiger charge is 2.37. The van der Waals surface area contributed by atoms with Crippen molar-refractivity contribution in [3.05, 3.63) is 47.3 Å². The Morgan fingerprint density at radius 3 is 2.73 bits per heavy atom. The van der Waals surface area contributed by atoms with Crippen LogP contribution >= 0.6 is 0 Å². The van der Waals surface area contributed by atoms with Crippen LogP contribution < -0.4 is 4.74 Å². The minimum atomic E-state index is 0.0651. The lowest BCUT2D eigenvalue weighted by atomic mass is 9.94. The second-order valence-corrected chi connectivity index (χ2v) is 7.53. The molecule has 5 rings (SSSR count). The summed E-state index contributed by atoms with van der Waals surface area (Å²) in [6.45, 7) is 5.66. The first kappa shape index (κ1) is 17.1. The van der Waals surface area contributed by atoms with Crippen molar-refractivity contribution < 1.29 is 9.53 Å². The van der Waals surface area contributed by atoms with Crippen LogP contribution in [-0.4, -0.2) is 58.7 Å². The number of rotatable bonds is 4. The van der Waals surface area contributed by atoms with Gasteiger partial charge in [0.2, 0.25) is 0 Å². The van der Waals surface area contributed by atoms with Crippen LogP contribution in [0.5, 0.6) is 5.75 Å². The SMILES string of the molecule is COc1ccc(CN2CC3CCC(C2)N(C(=O)c2cc(C)[nH]n2)C3)cc1. The normalized spacial score (nSPS) is 23.1. The smallest absolute Gasteiger partial charge is 0.274 e. The van der Waals surface area contributed by atoms with E-state index in [4.69, 9.17) is 4.74 Å². The lowest BCUT2D eigenvalue weighted by molar-refractivity contribution is 0.0579. The first-order chi connectivity index (χ1) is 12.6. The molecule has 6 heteroatoms. The molecule has 3 aliphatic heterocycles. The number of methoxy groups -OCH3 is 1. The van der Waals surface area contributed by atoms with Gasteiger partial charge < -0.3 is 9.64 Å². The molecule has 2 unspecified atom stereocenters. The highest BCUT2D eigenvalue weighted by Crippen LogP contribution is 2.30. The number of nitrogens with one attached hydrogen (secondary N) is 1. The molecule has 2 aromatic rings. The van der Waals surface area contributed by atoms with Gasteiger partial charge in [-0.1, -0.05) is 12.1 Å². The van der Waals surface area contributed by atoms with E-state index in [1.807, 2.05) is 25.1 Å². The standard InChI is InChI=1S/C20H26N4O2/c1-14-9-19(22-21-14)20(25)24-12-16-3-6-17(24)13-23(11-16)10-15-4-7-18(26-2)8-5-15/h4-5,7-9,16-17H,3,6,10-13H2,1-2H3,(H,21,22). The van der Waals surface area contributed by atoms with Gasteiger partial charge in [-0.25, -0.2) is 0 Å². The molecule has 0 saturated carbocycles. The van der Waals surface area contributed by atoms with E-state index in [2.05, 4.69) is 32.1 Å². The summed E-state index contributed by atoms with van der Waals surface area (Å²) in [7, 11) is 1.69. The fraction of sp³-hybridized carbons (Fsp3) is 0.500. The summed E-state index contributed by atoms with van der Waals surface area (Å²) >= 11 is 0. The van der Waals surface area contributed by atoms with Crippen molar-refractivity contribution in [2.75, 3.05) is 26.7 Å². The number of aromatic amines is 1. The number of aromatic nitrogens is 2. The van der Waals surface area contributed by atoms with Crippen molar-refractivity contribution in [2.45, 2.75) is 32.4 Å². The molecule has 6 nitrogen and oxygen atoms in total. The van der Waals surface area contributed by atoms with Gasteiger partial charge in [-0.15, -0.1) is 0 Å². The van der Waals surface area contributed by atoms with Crippen molar-refractivity contribution in [3.63, 3.8) is 0 Å². The largest absolute Gasteiger partial charge is 0.497 e. The third kappa shape index (κ3) is 3.46. The van der Waals surface area contributed by atoms with Crippen molar-refractivity contribution in [1.82, 2.24) is 20.0 Å². The number of amides is 1. The molecule has 0 radical (unpaired) electrons. The fourth-order valence-corrected chi connectivity index (χ4v) is 4.22. The van der Waals surface area contributed by atoms with Crippen molar-refractivity contribution in [1.29, 1.82) is 0 Å². The highest BCUT2D eigenvalue weighted by atomic mass is 16.5. The molecule has 4 heterocycles. The Kier molecular flexibility index (Phi) is 4.68. The minimum Gasteiger partial charge on any atom is -0.497 e. The summed E-state index contributed by atoms with van der Waals surface area (Å²) in [6, 6.07) is 10.4. The number of fused-ring (bicyclic) bond motifs is 4. The Balaban J connectivity index is 1.46. The molecule has 3 aliphatic rings. The Morgan fingerprint density at radius 2 is 2.04 bits per heavy atom. The van der Waals surface area contributed by atoms with Crippen LogP contribution in [0.15, 0.2) is 30.3 Å². The van der Waals surface area contributed by atoms with Gasteiger partial charge in [-0.2, -0.15) is 5.10 Å². The predicted octanol–water partition coefficient (Wildman–Crippen LogP) is 2.46. The van der Waals surface area contributed by atoms with Crippen LogP contribution in [0, 0.1) is 12.8 Å². The summed E-state index contributed by atoms with van der Waals surface area (Å²) < 4.78 is 5.24. The zero-order valence-electron chi connectivity index (χ0n) is 15.4. The maximum atomic E-state index is 12.9. The number of carbonyl (C=O) groups is 1. The lowest BCUT2D eigenvalue weighted by Gasteiger charge is -2.35. The monoisotopic (exact) mass is 354 g/mol. The number of carbonyl (C=O) groups excluding carboxylic acids is 1. The molecule has 1 aromatic heterocycles. The molecular formula is C20H26N4O2. The summed E-state index contributed by atoms with van der Waals surface area (Å²) in [5, 5.41) is 7.05.